The smallest absolute Gasteiger partial charge is 0.266 e. The van der Waals surface area contributed by atoms with Crippen LogP contribution in [0.3, 0.4) is 0 Å². The molecule has 4 rings (SSSR count). The van der Waals surface area contributed by atoms with E-state index in [2.05, 4.69) is 42.0 Å². The largest absolute Gasteiger partial charge is 0.494 e. The zero-order chi connectivity index (χ0) is 27.5. The van der Waals surface area contributed by atoms with Crippen molar-refractivity contribution >= 4 is 17.9 Å². The molecule has 0 radical (unpaired) electrons. The minimum Gasteiger partial charge on any atom is -0.494 e. The zero-order valence-electron chi connectivity index (χ0n) is 22.6. The lowest BCUT2D eigenvalue weighted by Crippen LogP contribution is -2.54. The number of carbonyl (C=O) groups excluding carboxylic acids is 1. The Kier molecular flexibility index (Phi) is 9.89. The van der Waals surface area contributed by atoms with Crippen molar-refractivity contribution in [2.75, 3.05) is 19.8 Å². The Balaban J connectivity index is 1.48. The molecule has 0 bridgehead atoms. The number of hydrogen-bond acceptors (Lipinski definition) is 6. The predicted octanol–water partition coefficient (Wildman–Crippen LogP) is 4.63. The lowest BCUT2D eigenvalue weighted by Gasteiger charge is -2.27. The average molecular weight is 528 g/mol. The molecule has 0 unspecified atom stereocenters. The van der Waals surface area contributed by atoms with E-state index in [4.69, 9.17) is 19.6 Å². The fraction of sp³-hybridized carbons (Fsp3) is 0.312. The Morgan fingerprint density at radius 3 is 2.54 bits per heavy atom. The van der Waals surface area contributed by atoms with Crippen LogP contribution in [0.4, 0.5) is 0 Å². The van der Waals surface area contributed by atoms with E-state index >= 15 is 0 Å². The highest BCUT2D eigenvalue weighted by Gasteiger charge is 2.49. The number of hydrazine groups is 1. The number of aliphatic imine (C=N–C) groups is 1. The molecule has 1 aliphatic heterocycles. The topological polar surface area (TPSA) is 92.2 Å². The zero-order valence-corrected chi connectivity index (χ0v) is 22.6. The first-order valence-electron chi connectivity index (χ1n) is 13.4. The van der Waals surface area contributed by atoms with Gasteiger partial charge in [0.1, 0.15) is 11.9 Å². The third-order valence-electron chi connectivity index (χ3n) is 6.73. The molecular weight excluding hydrogens is 490 g/mol. The Labute approximate surface area is 230 Å². The quantitative estimate of drug-likeness (QED) is 0.223. The second-order valence-corrected chi connectivity index (χ2v) is 9.68. The first-order valence-corrected chi connectivity index (χ1v) is 13.4. The summed E-state index contributed by atoms with van der Waals surface area (Å²) in [6, 6.07) is 25.8. The molecule has 7 heteroatoms. The predicted molar refractivity (Wildman–Crippen MR) is 155 cm³/mol. The normalized spacial score (nSPS) is 18.5. The Bertz CT molecular complexity index is 1260. The maximum atomic E-state index is 13.6. The molecule has 0 saturated heterocycles. The van der Waals surface area contributed by atoms with Crippen molar-refractivity contribution in [3.63, 3.8) is 0 Å². The minimum absolute atomic E-state index is 0.0876. The first-order chi connectivity index (χ1) is 19.0. The lowest BCUT2D eigenvalue weighted by atomic mass is 9.89. The average Bonchev–Trinajstić information content (AvgIpc) is 3.30. The number of hydrogen-bond donors (Lipinski definition) is 3. The summed E-state index contributed by atoms with van der Waals surface area (Å²) in [7, 11) is 0. The maximum Gasteiger partial charge on any atom is 0.266 e. The van der Waals surface area contributed by atoms with Gasteiger partial charge >= 0.3 is 0 Å². The van der Waals surface area contributed by atoms with Crippen LogP contribution in [-0.4, -0.2) is 48.3 Å². The Morgan fingerprint density at radius 1 is 1.08 bits per heavy atom. The number of rotatable bonds is 13. The molecule has 0 aromatic heterocycles. The van der Waals surface area contributed by atoms with Gasteiger partial charge in [0, 0.05) is 31.6 Å². The van der Waals surface area contributed by atoms with Crippen LogP contribution >= 0.6 is 0 Å². The summed E-state index contributed by atoms with van der Waals surface area (Å²) >= 11 is 0. The summed E-state index contributed by atoms with van der Waals surface area (Å²) < 4.78 is 11.8. The Morgan fingerprint density at radius 2 is 1.82 bits per heavy atom. The molecule has 7 nitrogen and oxygen atoms in total. The van der Waals surface area contributed by atoms with E-state index < -0.39 is 11.6 Å². The van der Waals surface area contributed by atoms with E-state index in [1.807, 2.05) is 73.7 Å². The van der Waals surface area contributed by atoms with Gasteiger partial charge in [0.05, 0.1) is 6.61 Å². The van der Waals surface area contributed by atoms with Gasteiger partial charge in [-0.1, -0.05) is 72.3 Å². The number of nitrogens with zero attached hydrogens (tertiary/aromatic N) is 1. The fourth-order valence-electron chi connectivity index (χ4n) is 4.34. The standard InChI is InChI=1S/C32H37N3O4/c1-24-11-13-27(14-12-24)19-21-33-35-31(37)32(20-6-10-26-8-4-3-5-9-26)25(2)39-30(34-32)28-15-17-29(18-16-28)38-23-7-22-36/h3-6,8-18,25,33,36H,7,19-23H2,1-2H3,(H,35,37)/b10-6+/t25-,32-/m0/s1. The van der Waals surface area contributed by atoms with Gasteiger partial charge in [-0.25, -0.2) is 10.4 Å². The van der Waals surface area contributed by atoms with Crippen LogP contribution in [0, 0.1) is 6.92 Å². The van der Waals surface area contributed by atoms with Crippen LogP contribution in [0.1, 0.15) is 42.0 Å². The summed E-state index contributed by atoms with van der Waals surface area (Å²) in [5.74, 6) is 0.884. The van der Waals surface area contributed by atoms with Crippen molar-refractivity contribution in [1.82, 2.24) is 10.9 Å². The fourth-order valence-corrected chi connectivity index (χ4v) is 4.34. The number of carbonyl (C=O) groups is 1. The number of benzene rings is 3. The SMILES string of the molecule is Cc1ccc(CCNNC(=O)[C@@]2(C/C=C/c3ccccc3)N=C(c3ccc(OCCCO)cc3)O[C@H]2C)cc1. The summed E-state index contributed by atoms with van der Waals surface area (Å²) in [6.07, 6.45) is 5.23. The van der Waals surface area contributed by atoms with E-state index in [-0.39, 0.29) is 12.5 Å². The van der Waals surface area contributed by atoms with Crippen molar-refractivity contribution in [1.29, 1.82) is 0 Å². The number of nitrogens with one attached hydrogen (secondary N) is 2. The third-order valence-corrected chi connectivity index (χ3v) is 6.73. The molecule has 0 aliphatic carbocycles. The summed E-state index contributed by atoms with van der Waals surface area (Å²) in [6.45, 7) is 5.07. The van der Waals surface area contributed by atoms with Crippen molar-refractivity contribution in [3.8, 4) is 5.75 Å². The van der Waals surface area contributed by atoms with Gasteiger partial charge < -0.3 is 14.6 Å². The Hall–Kier alpha value is -3.94. The van der Waals surface area contributed by atoms with Crippen molar-refractivity contribution < 1.29 is 19.4 Å². The molecular formula is C32H37N3O4. The first kappa shape index (κ1) is 28.1. The molecule has 0 spiro atoms. The maximum absolute atomic E-state index is 13.6. The molecule has 0 saturated carbocycles. The van der Waals surface area contributed by atoms with E-state index in [0.717, 1.165) is 17.5 Å². The van der Waals surface area contributed by atoms with Crippen LogP contribution in [0.15, 0.2) is 89.9 Å². The monoisotopic (exact) mass is 527 g/mol. The van der Waals surface area contributed by atoms with E-state index in [1.54, 1.807) is 0 Å². The summed E-state index contributed by atoms with van der Waals surface area (Å²) in [5, 5.41) is 8.95. The highest BCUT2D eigenvalue weighted by Crippen LogP contribution is 2.33. The van der Waals surface area contributed by atoms with Gasteiger partial charge in [-0.05, 0) is 55.7 Å². The second kappa shape index (κ2) is 13.7. The van der Waals surface area contributed by atoms with Crippen molar-refractivity contribution in [3.05, 3.63) is 107 Å². The number of amides is 1. The molecule has 2 atom stereocenters. The highest BCUT2D eigenvalue weighted by molar-refractivity contribution is 6.00. The van der Waals surface area contributed by atoms with E-state index in [9.17, 15) is 4.79 Å². The van der Waals surface area contributed by atoms with Gasteiger partial charge in [0.15, 0.2) is 5.54 Å². The van der Waals surface area contributed by atoms with Gasteiger partial charge in [0.25, 0.3) is 5.91 Å². The van der Waals surface area contributed by atoms with E-state index in [0.29, 0.717) is 37.6 Å². The number of aliphatic hydroxyl groups is 1. The van der Waals surface area contributed by atoms with Gasteiger partial charge in [-0.3, -0.25) is 10.2 Å². The second-order valence-electron chi connectivity index (χ2n) is 9.68. The lowest BCUT2D eigenvalue weighted by molar-refractivity contribution is -0.129. The number of aliphatic hydroxyl groups excluding tert-OH is 1. The highest BCUT2D eigenvalue weighted by atomic mass is 16.5. The molecule has 3 aromatic carbocycles. The van der Waals surface area contributed by atoms with Gasteiger partial charge in [-0.15, -0.1) is 0 Å². The van der Waals surface area contributed by atoms with Crippen LogP contribution < -0.4 is 15.6 Å². The van der Waals surface area contributed by atoms with E-state index in [1.165, 1.54) is 11.1 Å². The minimum atomic E-state index is -1.13. The third kappa shape index (κ3) is 7.56. The van der Waals surface area contributed by atoms with Crippen LogP contribution in [0.5, 0.6) is 5.75 Å². The molecule has 39 heavy (non-hydrogen) atoms. The van der Waals surface area contributed by atoms with Crippen molar-refractivity contribution in [2.45, 2.75) is 44.8 Å². The molecule has 3 N–H and O–H groups in total. The molecule has 3 aromatic rings. The summed E-state index contributed by atoms with van der Waals surface area (Å²) in [5.41, 5.74) is 9.08. The van der Waals surface area contributed by atoms with Crippen LogP contribution in [-0.2, 0) is 16.0 Å². The number of aryl methyl sites for hydroxylation is 1. The molecule has 0 fully saturated rings. The number of ether oxygens (including phenoxy) is 2. The van der Waals surface area contributed by atoms with Crippen molar-refractivity contribution in [2.24, 2.45) is 4.99 Å². The van der Waals surface area contributed by atoms with Gasteiger partial charge in [0.2, 0.25) is 5.90 Å². The van der Waals surface area contributed by atoms with Gasteiger partial charge in [-0.2, -0.15) is 0 Å². The molecule has 1 heterocycles. The molecule has 1 aliphatic rings. The summed E-state index contributed by atoms with van der Waals surface area (Å²) in [4.78, 5) is 18.5. The molecule has 204 valence electrons. The molecule has 1 amide bonds. The van der Waals surface area contributed by atoms with Crippen LogP contribution in [0.25, 0.3) is 6.08 Å². The van der Waals surface area contributed by atoms with Crippen LogP contribution in [0.2, 0.25) is 0 Å².